The third-order valence-electron chi connectivity index (χ3n) is 4.79. The van der Waals surface area contributed by atoms with Gasteiger partial charge in [0.2, 0.25) is 5.91 Å². The summed E-state index contributed by atoms with van der Waals surface area (Å²) in [5, 5.41) is 0. The highest BCUT2D eigenvalue weighted by atomic mass is 35.5. The molecule has 2 N–H and O–H groups in total. The molecule has 22 heavy (non-hydrogen) atoms. The average Bonchev–Trinajstić information content (AvgIpc) is 3.33. The number of carbonyl (C=O) groups excluding carboxylic acids is 1. The highest BCUT2D eigenvalue weighted by molar-refractivity contribution is 5.85. The summed E-state index contributed by atoms with van der Waals surface area (Å²) in [6.07, 6.45) is 7.43. The number of halogens is 1. The van der Waals surface area contributed by atoms with Gasteiger partial charge in [-0.1, -0.05) is 37.6 Å². The van der Waals surface area contributed by atoms with Crippen LogP contribution in [0.25, 0.3) is 0 Å². The van der Waals surface area contributed by atoms with Gasteiger partial charge in [0.15, 0.2) is 0 Å². The van der Waals surface area contributed by atoms with Crippen LogP contribution >= 0.6 is 12.4 Å². The SMILES string of the molecule is CCCC(N)C(=O)N(C1CC1)C1CCCc2ccccc21.Cl. The van der Waals surface area contributed by atoms with E-state index in [0.717, 1.165) is 38.5 Å². The molecule has 122 valence electrons. The van der Waals surface area contributed by atoms with Gasteiger partial charge in [-0.05, 0) is 49.7 Å². The number of carbonyl (C=O) groups is 1. The maximum Gasteiger partial charge on any atom is 0.240 e. The molecule has 0 bridgehead atoms. The molecule has 0 spiro atoms. The molecule has 1 aromatic carbocycles. The maximum atomic E-state index is 12.8. The predicted octanol–water partition coefficient (Wildman–Crippen LogP) is 3.60. The summed E-state index contributed by atoms with van der Waals surface area (Å²) in [5.74, 6) is 0.168. The molecule has 1 fully saturated rings. The van der Waals surface area contributed by atoms with Crippen LogP contribution in [0.2, 0.25) is 0 Å². The molecule has 2 aliphatic rings. The summed E-state index contributed by atoms with van der Waals surface area (Å²) in [6, 6.07) is 8.96. The maximum absolute atomic E-state index is 12.8. The van der Waals surface area contributed by atoms with E-state index in [1.54, 1.807) is 0 Å². The molecule has 1 amide bonds. The second-order valence-corrected chi connectivity index (χ2v) is 6.48. The molecule has 2 atom stereocenters. The van der Waals surface area contributed by atoms with E-state index in [2.05, 4.69) is 36.1 Å². The average molecular weight is 323 g/mol. The van der Waals surface area contributed by atoms with E-state index in [1.165, 1.54) is 17.5 Å². The Morgan fingerprint density at radius 2 is 2.05 bits per heavy atom. The summed E-state index contributed by atoms with van der Waals surface area (Å²) in [7, 11) is 0. The zero-order valence-corrected chi connectivity index (χ0v) is 14.1. The quantitative estimate of drug-likeness (QED) is 0.900. The van der Waals surface area contributed by atoms with E-state index in [0.29, 0.717) is 6.04 Å². The fourth-order valence-corrected chi connectivity index (χ4v) is 3.58. The topological polar surface area (TPSA) is 46.3 Å². The zero-order valence-electron chi connectivity index (χ0n) is 13.3. The third kappa shape index (κ3) is 3.47. The van der Waals surface area contributed by atoms with Gasteiger partial charge in [0.1, 0.15) is 0 Å². The van der Waals surface area contributed by atoms with Crippen molar-refractivity contribution >= 4 is 18.3 Å². The van der Waals surface area contributed by atoms with Crippen LogP contribution < -0.4 is 5.73 Å². The first-order valence-corrected chi connectivity index (χ1v) is 8.38. The van der Waals surface area contributed by atoms with Gasteiger partial charge in [-0.15, -0.1) is 12.4 Å². The summed E-state index contributed by atoms with van der Waals surface area (Å²) >= 11 is 0. The van der Waals surface area contributed by atoms with Gasteiger partial charge in [-0.3, -0.25) is 4.79 Å². The lowest BCUT2D eigenvalue weighted by Crippen LogP contribution is -2.47. The Labute approximate surface area is 139 Å². The van der Waals surface area contributed by atoms with Gasteiger partial charge in [0, 0.05) is 6.04 Å². The fraction of sp³-hybridized carbons (Fsp3) is 0.611. The van der Waals surface area contributed by atoms with Crippen molar-refractivity contribution in [3.63, 3.8) is 0 Å². The van der Waals surface area contributed by atoms with Crippen molar-refractivity contribution in [3.05, 3.63) is 35.4 Å². The van der Waals surface area contributed by atoms with Crippen LogP contribution in [0.5, 0.6) is 0 Å². The van der Waals surface area contributed by atoms with E-state index in [1.807, 2.05) is 0 Å². The van der Waals surface area contributed by atoms with Crippen molar-refractivity contribution in [2.24, 2.45) is 5.73 Å². The molecule has 0 saturated heterocycles. The second kappa shape index (κ2) is 7.47. The number of fused-ring (bicyclic) bond motifs is 1. The summed E-state index contributed by atoms with van der Waals surface area (Å²) in [5.41, 5.74) is 8.90. The fourth-order valence-electron chi connectivity index (χ4n) is 3.58. The lowest BCUT2D eigenvalue weighted by Gasteiger charge is -2.37. The zero-order chi connectivity index (χ0) is 14.8. The Hall–Kier alpha value is -1.06. The number of nitrogens with two attached hydrogens (primary N) is 1. The Balaban J connectivity index is 0.00000176. The van der Waals surface area contributed by atoms with Crippen LogP contribution in [0, 0.1) is 0 Å². The van der Waals surface area contributed by atoms with Crippen molar-refractivity contribution in [2.75, 3.05) is 0 Å². The lowest BCUT2D eigenvalue weighted by molar-refractivity contribution is -0.136. The molecule has 2 aliphatic carbocycles. The predicted molar refractivity (Wildman–Crippen MR) is 92.1 cm³/mol. The molecule has 4 heteroatoms. The summed E-state index contributed by atoms with van der Waals surface area (Å²) < 4.78 is 0. The minimum absolute atomic E-state index is 0. The van der Waals surface area contributed by atoms with Crippen LogP contribution in [-0.2, 0) is 11.2 Å². The van der Waals surface area contributed by atoms with E-state index in [-0.39, 0.29) is 30.4 Å². The third-order valence-corrected chi connectivity index (χ3v) is 4.79. The van der Waals surface area contributed by atoms with Gasteiger partial charge in [0.25, 0.3) is 0 Å². The molecule has 1 saturated carbocycles. The van der Waals surface area contributed by atoms with Gasteiger partial charge in [0.05, 0.1) is 12.1 Å². The van der Waals surface area contributed by atoms with Crippen molar-refractivity contribution in [3.8, 4) is 0 Å². The van der Waals surface area contributed by atoms with Gasteiger partial charge in [-0.2, -0.15) is 0 Å². The van der Waals surface area contributed by atoms with Crippen LogP contribution in [-0.4, -0.2) is 22.9 Å². The Morgan fingerprint density at radius 1 is 1.32 bits per heavy atom. The summed E-state index contributed by atoms with van der Waals surface area (Å²) in [4.78, 5) is 15.0. The summed E-state index contributed by atoms with van der Waals surface area (Å²) in [6.45, 7) is 2.09. The molecule has 2 unspecified atom stereocenters. The molecular weight excluding hydrogens is 296 g/mol. The monoisotopic (exact) mass is 322 g/mol. The smallest absolute Gasteiger partial charge is 0.240 e. The normalized spacial score (nSPS) is 21.5. The molecule has 0 aromatic heterocycles. The number of benzene rings is 1. The first-order valence-electron chi connectivity index (χ1n) is 8.38. The van der Waals surface area contributed by atoms with Gasteiger partial charge in [-0.25, -0.2) is 0 Å². The van der Waals surface area contributed by atoms with Gasteiger partial charge >= 0.3 is 0 Å². The van der Waals surface area contributed by atoms with E-state index >= 15 is 0 Å². The molecule has 3 nitrogen and oxygen atoms in total. The molecular formula is C18H27ClN2O. The molecule has 0 radical (unpaired) electrons. The Bertz CT molecular complexity index is 516. The van der Waals surface area contributed by atoms with Crippen LogP contribution in [0.4, 0.5) is 0 Å². The molecule has 0 aliphatic heterocycles. The van der Waals surface area contributed by atoms with Crippen molar-refractivity contribution < 1.29 is 4.79 Å². The number of hydrogen-bond acceptors (Lipinski definition) is 2. The van der Waals surface area contributed by atoms with E-state index in [4.69, 9.17) is 5.73 Å². The second-order valence-electron chi connectivity index (χ2n) is 6.48. The van der Waals surface area contributed by atoms with Crippen LogP contribution in [0.3, 0.4) is 0 Å². The first kappa shape index (κ1) is 17.3. The Kier molecular flexibility index (Phi) is 5.87. The Morgan fingerprint density at radius 3 is 2.73 bits per heavy atom. The number of nitrogens with zero attached hydrogens (tertiary/aromatic N) is 1. The highest BCUT2D eigenvalue weighted by Gasteiger charge is 2.40. The highest BCUT2D eigenvalue weighted by Crippen LogP contribution is 2.41. The number of hydrogen-bond donors (Lipinski definition) is 1. The number of rotatable bonds is 5. The minimum atomic E-state index is -0.329. The van der Waals surface area contributed by atoms with E-state index in [9.17, 15) is 4.79 Å². The standard InChI is InChI=1S/C18H26N2O.ClH/c1-2-6-16(19)18(21)20(14-11-12-14)17-10-5-8-13-7-3-4-9-15(13)17;/h3-4,7,9,14,16-17H,2,5-6,8,10-12,19H2,1H3;1H. The van der Waals surface area contributed by atoms with Crippen molar-refractivity contribution in [2.45, 2.75) is 70.0 Å². The van der Waals surface area contributed by atoms with Crippen molar-refractivity contribution in [1.82, 2.24) is 4.90 Å². The first-order chi connectivity index (χ1) is 10.2. The molecule has 3 rings (SSSR count). The largest absolute Gasteiger partial charge is 0.331 e. The molecule has 0 heterocycles. The van der Waals surface area contributed by atoms with Crippen LogP contribution in [0.15, 0.2) is 24.3 Å². The molecule has 1 aromatic rings. The van der Waals surface area contributed by atoms with E-state index < -0.39 is 0 Å². The minimum Gasteiger partial charge on any atom is -0.331 e. The van der Waals surface area contributed by atoms with Crippen LogP contribution in [0.1, 0.15) is 62.6 Å². The lowest BCUT2D eigenvalue weighted by atomic mass is 9.86. The van der Waals surface area contributed by atoms with Gasteiger partial charge < -0.3 is 10.6 Å². The van der Waals surface area contributed by atoms with Crippen molar-refractivity contribution in [1.29, 1.82) is 0 Å². The number of aryl methyl sites for hydroxylation is 1. The number of amides is 1.